The van der Waals surface area contributed by atoms with E-state index in [2.05, 4.69) is 19.2 Å². The Balaban J connectivity index is 3.03. The van der Waals surface area contributed by atoms with Crippen LogP contribution in [0, 0.1) is 0 Å². The summed E-state index contributed by atoms with van der Waals surface area (Å²) >= 11 is 0. The van der Waals surface area contributed by atoms with E-state index in [1.165, 1.54) is 6.20 Å². The number of aromatic nitrogens is 2. The minimum atomic E-state index is 0.455. The topological polar surface area (TPSA) is 51.8 Å². The Morgan fingerprint density at radius 1 is 1.38 bits per heavy atom. The molecule has 0 fully saturated rings. The lowest BCUT2D eigenvalue weighted by Gasteiger charge is -1.88. The molecule has 8 heavy (non-hydrogen) atoms. The predicted molar refractivity (Wildman–Crippen MR) is 35.8 cm³/mol. The number of rotatable bonds is 0. The first-order chi connectivity index (χ1) is 3.79. The molecule has 0 radical (unpaired) electrons. The average Bonchev–Trinajstić information content (AvgIpc) is 1.77. The summed E-state index contributed by atoms with van der Waals surface area (Å²) in [6.45, 7) is 0. The Morgan fingerprint density at radius 2 is 2.12 bits per heavy atom. The van der Waals surface area contributed by atoms with Crippen molar-refractivity contribution >= 4 is 20.5 Å². The molecule has 1 rings (SSSR count). The van der Waals surface area contributed by atoms with Gasteiger partial charge in [-0.3, -0.25) is 4.98 Å². The van der Waals surface area contributed by atoms with Crippen molar-refractivity contribution in [3.8, 4) is 0 Å². The van der Waals surface area contributed by atoms with E-state index in [0.717, 1.165) is 5.44 Å². The van der Waals surface area contributed by atoms with Crippen LogP contribution in [-0.4, -0.2) is 9.97 Å². The third-order valence-corrected chi connectivity index (χ3v) is 0.990. The highest BCUT2D eigenvalue weighted by atomic mass is 31.0. The summed E-state index contributed by atoms with van der Waals surface area (Å²) in [7, 11) is 2.42. The van der Waals surface area contributed by atoms with E-state index in [9.17, 15) is 0 Å². The van der Waals surface area contributed by atoms with Crippen molar-refractivity contribution in [3.05, 3.63) is 12.4 Å². The second-order valence-corrected chi connectivity index (χ2v) is 1.96. The summed E-state index contributed by atoms with van der Waals surface area (Å²) in [6.07, 6.45) is 3.11. The number of anilines is 1. The van der Waals surface area contributed by atoms with Crippen molar-refractivity contribution in [1.29, 1.82) is 0 Å². The van der Waals surface area contributed by atoms with Crippen LogP contribution in [0.4, 0.5) is 5.82 Å². The molecular weight excluding hydrogens is 121 g/mol. The molecule has 0 saturated heterocycles. The zero-order valence-electron chi connectivity index (χ0n) is 4.20. The maximum atomic E-state index is 5.24. The van der Waals surface area contributed by atoms with Crippen molar-refractivity contribution in [2.45, 2.75) is 0 Å². The number of nitrogens with two attached hydrogens (primary N) is 1. The van der Waals surface area contributed by atoms with Crippen LogP contribution >= 0.6 is 9.24 Å². The van der Waals surface area contributed by atoms with Crippen LogP contribution < -0.4 is 11.2 Å². The van der Waals surface area contributed by atoms with Crippen LogP contribution in [0.2, 0.25) is 0 Å². The number of nitrogens with zero attached hydrogens (tertiary/aromatic N) is 2. The molecule has 42 valence electrons. The largest absolute Gasteiger partial charge is 0.382 e. The number of hydrogen-bond acceptors (Lipinski definition) is 3. The lowest BCUT2D eigenvalue weighted by molar-refractivity contribution is 1.26. The smallest absolute Gasteiger partial charge is 0.141 e. The molecule has 1 aromatic rings. The van der Waals surface area contributed by atoms with E-state index in [0.29, 0.717) is 5.82 Å². The van der Waals surface area contributed by atoms with Crippen LogP contribution in [0.1, 0.15) is 0 Å². The third kappa shape index (κ3) is 1.14. The molecule has 1 aromatic heterocycles. The first-order valence-electron chi connectivity index (χ1n) is 2.12. The van der Waals surface area contributed by atoms with Gasteiger partial charge in [0.15, 0.2) is 0 Å². The molecule has 0 saturated carbocycles. The van der Waals surface area contributed by atoms with Crippen molar-refractivity contribution in [2.24, 2.45) is 0 Å². The first-order valence-corrected chi connectivity index (χ1v) is 2.70. The van der Waals surface area contributed by atoms with E-state index in [4.69, 9.17) is 5.73 Å². The molecule has 0 amide bonds. The van der Waals surface area contributed by atoms with Gasteiger partial charge in [-0.15, -0.1) is 0 Å². The molecule has 4 heteroatoms. The second kappa shape index (κ2) is 2.05. The molecular formula is C4H6N3P. The van der Waals surface area contributed by atoms with E-state index in [-0.39, 0.29) is 0 Å². The van der Waals surface area contributed by atoms with Gasteiger partial charge in [0, 0.05) is 0 Å². The molecule has 0 aliphatic carbocycles. The van der Waals surface area contributed by atoms with Crippen LogP contribution in [-0.2, 0) is 0 Å². The predicted octanol–water partition coefficient (Wildman–Crippen LogP) is -0.441. The Labute approximate surface area is 49.5 Å². The zero-order chi connectivity index (χ0) is 5.98. The Kier molecular flexibility index (Phi) is 1.40. The molecule has 2 N–H and O–H groups in total. The van der Waals surface area contributed by atoms with Gasteiger partial charge in [-0.2, -0.15) is 0 Å². The SMILES string of the molecule is Nc1cnc(P)cn1. The fraction of sp³-hybridized carbons (Fsp3) is 0. The molecule has 0 aromatic carbocycles. The molecule has 1 unspecified atom stereocenters. The quantitative estimate of drug-likeness (QED) is 0.480. The first kappa shape index (κ1) is 5.45. The lowest BCUT2D eigenvalue weighted by Crippen LogP contribution is -2.00. The zero-order valence-corrected chi connectivity index (χ0v) is 5.36. The Hall–Kier alpha value is -0.690. The van der Waals surface area contributed by atoms with Gasteiger partial charge in [0.05, 0.1) is 17.8 Å². The van der Waals surface area contributed by atoms with Gasteiger partial charge in [-0.1, -0.05) is 9.24 Å². The van der Waals surface area contributed by atoms with Crippen LogP contribution in [0.15, 0.2) is 12.4 Å². The molecule has 0 aliphatic rings. The van der Waals surface area contributed by atoms with Crippen LogP contribution in [0.3, 0.4) is 0 Å². The van der Waals surface area contributed by atoms with E-state index < -0.39 is 0 Å². The fourth-order valence-electron chi connectivity index (χ4n) is 0.348. The van der Waals surface area contributed by atoms with E-state index in [1.54, 1.807) is 6.20 Å². The monoisotopic (exact) mass is 127 g/mol. The number of hydrogen-bond donors (Lipinski definition) is 1. The molecule has 0 spiro atoms. The molecule has 3 nitrogen and oxygen atoms in total. The highest BCUT2D eigenvalue weighted by Crippen LogP contribution is 1.87. The van der Waals surface area contributed by atoms with Gasteiger partial charge in [0.25, 0.3) is 0 Å². The van der Waals surface area contributed by atoms with Gasteiger partial charge in [-0.05, 0) is 0 Å². The molecule has 0 bridgehead atoms. The minimum absolute atomic E-state index is 0.455. The normalized spacial score (nSPS) is 9.12. The summed E-state index contributed by atoms with van der Waals surface area (Å²) in [5, 5.41) is 0. The fourth-order valence-corrected chi connectivity index (χ4v) is 0.497. The third-order valence-electron chi connectivity index (χ3n) is 0.692. The highest BCUT2D eigenvalue weighted by Gasteiger charge is 1.83. The van der Waals surface area contributed by atoms with Gasteiger partial charge in [0.2, 0.25) is 0 Å². The summed E-state index contributed by atoms with van der Waals surface area (Å²) in [6, 6.07) is 0. The summed E-state index contributed by atoms with van der Waals surface area (Å²) < 4.78 is 0. The number of nitrogen functional groups attached to an aromatic ring is 1. The summed E-state index contributed by atoms with van der Waals surface area (Å²) in [4.78, 5) is 7.63. The van der Waals surface area contributed by atoms with E-state index in [1.807, 2.05) is 0 Å². The summed E-state index contributed by atoms with van der Waals surface area (Å²) in [5.74, 6) is 0.455. The van der Waals surface area contributed by atoms with Crippen molar-refractivity contribution < 1.29 is 0 Å². The van der Waals surface area contributed by atoms with Gasteiger partial charge in [0.1, 0.15) is 5.82 Å². The molecule has 1 atom stereocenters. The van der Waals surface area contributed by atoms with Crippen molar-refractivity contribution in [2.75, 3.05) is 5.73 Å². The maximum absolute atomic E-state index is 5.24. The van der Waals surface area contributed by atoms with Gasteiger partial charge in [-0.25, -0.2) is 4.98 Å². The van der Waals surface area contributed by atoms with Crippen molar-refractivity contribution in [1.82, 2.24) is 9.97 Å². The Morgan fingerprint density at radius 3 is 2.50 bits per heavy atom. The van der Waals surface area contributed by atoms with Gasteiger partial charge < -0.3 is 5.73 Å². The maximum Gasteiger partial charge on any atom is 0.141 e. The lowest BCUT2D eigenvalue weighted by atomic mass is 10.7. The van der Waals surface area contributed by atoms with E-state index >= 15 is 0 Å². The second-order valence-electron chi connectivity index (χ2n) is 1.37. The van der Waals surface area contributed by atoms with Gasteiger partial charge >= 0.3 is 0 Å². The minimum Gasteiger partial charge on any atom is -0.382 e. The highest BCUT2D eigenvalue weighted by molar-refractivity contribution is 7.26. The molecule has 0 aliphatic heterocycles. The summed E-state index contributed by atoms with van der Waals surface area (Å²) in [5.41, 5.74) is 6.05. The molecule has 1 heterocycles. The van der Waals surface area contributed by atoms with Crippen LogP contribution in [0.5, 0.6) is 0 Å². The Bertz CT molecular complexity index is 150. The standard InChI is InChI=1S/C4H6N3P/c5-3-1-7-4(8)2-6-3/h1-2H,8H2,(H2,5,6). The van der Waals surface area contributed by atoms with Crippen molar-refractivity contribution in [3.63, 3.8) is 0 Å². The van der Waals surface area contributed by atoms with Crippen LogP contribution in [0.25, 0.3) is 0 Å². The average molecular weight is 127 g/mol.